The summed E-state index contributed by atoms with van der Waals surface area (Å²) in [6.45, 7) is 2.96. The Morgan fingerprint density at radius 2 is 1.92 bits per heavy atom. The fourth-order valence-corrected chi connectivity index (χ4v) is 3.07. The molecule has 5 nitrogen and oxygen atoms in total. The zero-order chi connectivity index (χ0) is 16.6. The second-order valence-corrected chi connectivity index (χ2v) is 6.07. The maximum atomic E-state index is 5.35. The van der Waals surface area contributed by atoms with E-state index in [0.29, 0.717) is 6.04 Å². The van der Waals surface area contributed by atoms with Crippen molar-refractivity contribution < 1.29 is 4.42 Å². The van der Waals surface area contributed by atoms with Gasteiger partial charge in [-0.2, -0.15) is 0 Å². The zero-order valence-electron chi connectivity index (χ0n) is 14.6. The molecular weight excluding hydrogens is 427 g/mol. The number of para-hydroxylation sites is 1. The van der Waals surface area contributed by atoms with E-state index in [1.165, 1.54) is 5.69 Å². The number of furan rings is 1. The summed E-state index contributed by atoms with van der Waals surface area (Å²) in [6, 6.07) is 15.0. The number of piperidine rings is 1. The Morgan fingerprint density at radius 3 is 2.56 bits per heavy atom. The van der Waals surface area contributed by atoms with E-state index < -0.39 is 0 Å². The minimum atomic E-state index is 0. The first-order valence-electron chi connectivity index (χ1n) is 8.65. The summed E-state index contributed by atoms with van der Waals surface area (Å²) in [6.07, 6.45) is 4.81. The molecule has 0 spiro atoms. The van der Waals surface area contributed by atoms with Crippen LogP contribution in [0, 0.1) is 0 Å². The lowest BCUT2D eigenvalue weighted by Gasteiger charge is -2.34. The largest absolute Gasteiger partial charge is 0.469 e. The number of aliphatic imine (C=N–C) groups is 1. The molecule has 0 radical (unpaired) electrons. The third kappa shape index (κ3) is 5.95. The molecule has 2 aromatic rings. The Balaban J connectivity index is 0.00000225. The molecule has 2 heterocycles. The predicted molar refractivity (Wildman–Crippen MR) is 114 cm³/mol. The molecule has 1 aromatic heterocycles. The number of anilines is 1. The number of hydrogen-bond acceptors (Lipinski definition) is 3. The second-order valence-electron chi connectivity index (χ2n) is 6.07. The standard InChI is InChI=1S/C19H26N4O.HI/c1-20-19(21-12-9-18-8-5-15-24-18)22-16-10-13-23(14-11-16)17-6-3-2-4-7-17;/h2-8,15-16H,9-14H2,1H3,(H2,20,21,22);1H. The zero-order valence-corrected chi connectivity index (χ0v) is 17.0. The third-order valence-corrected chi connectivity index (χ3v) is 4.42. The summed E-state index contributed by atoms with van der Waals surface area (Å²) in [7, 11) is 1.82. The molecule has 25 heavy (non-hydrogen) atoms. The summed E-state index contributed by atoms with van der Waals surface area (Å²) >= 11 is 0. The number of nitrogens with one attached hydrogen (secondary N) is 2. The van der Waals surface area contributed by atoms with Crippen LogP contribution in [0.1, 0.15) is 18.6 Å². The molecule has 0 amide bonds. The highest BCUT2D eigenvalue weighted by Crippen LogP contribution is 2.19. The lowest BCUT2D eigenvalue weighted by atomic mass is 10.0. The molecule has 1 aliphatic heterocycles. The second kappa shape index (κ2) is 10.3. The monoisotopic (exact) mass is 454 g/mol. The molecule has 1 saturated heterocycles. The molecule has 0 atom stereocenters. The molecule has 2 N–H and O–H groups in total. The summed E-state index contributed by atoms with van der Waals surface area (Å²) in [5, 5.41) is 6.90. The van der Waals surface area contributed by atoms with Crippen molar-refractivity contribution in [3.05, 3.63) is 54.5 Å². The Hall–Kier alpha value is -1.70. The van der Waals surface area contributed by atoms with Crippen molar-refractivity contribution in [2.24, 2.45) is 4.99 Å². The van der Waals surface area contributed by atoms with Crippen LogP contribution in [0.3, 0.4) is 0 Å². The first kappa shape index (κ1) is 19.6. The molecule has 1 fully saturated rings. The van der Waals surface area contributed by atoms with Crippen LogP contribution >= 0.6 is 24.0 Å². The summed E-state index contributed by atoms with van der Waals surface area (Å²) in [5.41, 5.74) is 1.32. The smallest absolute Gasteiger partial charge is 0.191 e. The number of hydrogen-bond donors (Lipinski definition) is 2. The molecule has 0 bridgehead atoms. The number of nitrogens with zero attached hydrogens (tertiary/aromatic N) is 2. The minimum Gasteiger partial charge on any atom is -0.469 e. The van der Waals surface area contributed by atoms with Crippen LogP contribution in [0.5, 0.6) is 0 Å². The number of guanidine groups is 1. The molecule has 1 aliphatic rings. The van der Waals surface area contributed by atoms with Gasteiger partial charge in [0, 0.05) is 44.8 Å². The van der Waals surface area contributed by atoms with Crippen molar-refractivity contribution in [1.29, 1.82) is 0 Å². The minimum absolute atomic E-state index is 0. The van der Waals surface area contributed by atoms with Crippen molar-refractivity contribution in [2.75, 3.05) is 31.6 Å². The Kier molecular flexibility index (Phi) is 8.11. The number of benzene rings is 1. The third-order valence-electron chi connectivity index (χ3n) is 4.42. The van der Waals surface area contributed by atoms with Crippen molar-refractivity contribution >= 4 is 35.6 Å². The van der Waals surface area contributed by atoms with Gasteiger partial charge in [0.25, 0.3) is 0 Å². The van der Waals surface area contributed by atoms with Crippen LogP contribution < -0.4 is 15.5 Å². The van der Waals surface area contributed by atoms with Crippen molar-refractivity contribution in [3.8, 4) is 0 Å². The highest BCUT2D eigenvalue weighted by atomic mass is 127. The van der Waals surface area contributed by atoms with Gasteiger partial charge >= 0.3 is 0 Å². The molecular formula is C19H27IN4O. The average Bonchev–Trinajstić information content (AvgIpc) is 3.15. The van der Waals surface area contributed by atoms with Gasteiger partial charge < -0.3 is 20.0 Å². The predicted octanol–water partition coefficient (Wildman–Crippen LogP) is 3.27. The van der Waals surface area contributed by atoms with Gasteiger partial charge in [-0.15, -0.1) is 24.0 Å². The quantitative estimate of drug-likeness (QED) is 0.414. The number of halogens is 1. The molecule has 6 heteroatoms. The molecule has 136 valence electrons. The topological polar surface area (TPSA) is 52.8 Å². The van der Waals surface area contributed by atoms with Gasteiger partial charge in [0.2, 0.25) is 0 Å². The Labute approximate surface area is 166 Å². The van der Waals surface area contributed by atoms with E-state index >= 15 is 0 Å². The average molecular weight is 454 g/mol. The highest BCUT2D eigenvalue weighted by Gasteiger charge is 2.20. The van der Waals surface area contributed by atoms with Crippen LogP contribution in [0.4, 0.5) is 5.69 Å². The highest BCUT2D eigenvalue weighted by molar-refractivity contribution is 14.0. The summed E-state index contributed by atoms with van der Waals surface area (Å²) in [5.74, 6) is 1.87. The van der Waals surface area contributed by atoms with Crippen molar-refractivity contribution in [2.45, 2.75) is 25.3 Å². The first-order valence-corrected chi connectivity index (χ1v) is 8.65. The normalized spacial score (nSPS) is 15.6. The Morgan fingerprint density at radius 1 is 1.16 bits per heavy atom. The van der Waals surface area contributed by atoms with Gasteiger partial charge in [0.05, 0.1) is 6.26 Å². The molecule has 1 aromatic carbocycles. The van der Waals surface area contributed by atoms with Gasteiger partial charge in [-0.1, -0.05) is 18.2 Å². The van der Waals surface area contributed by atoms with E-state index in [1.54, 1.807) is 6.26 Å². The van der Waals surface area contributed by atoms with Gasteiger partial charge in [-0.05, 0) is 37.1 Å². The van der Waals surface area contributed by atoms with E-state index in [2.05, 4.69) is 50.9 Å². The summed E-state index contributed by atoms with van der Waals surface area (Å²) in [4.78, 5) is 6.78. The van der Waals surface area contributed by atoms with E-state index in [1.807, 2.05) is 19.2 Å². The van der Waals surface area contributed by atoms with Crippen LogP contribution in [0.25, 0.3) is 0 Å². The van der Waals surface area contributed by atoms with E-state index in [9.17, 15) is 0 Å². The number of rotatable bonds is 5. The van der Waals surface area contributed by atoms with Gasteiger partial charge in [-0.25, -0.2) is 0 Å². The SMILES string of the molecule is CN=C(NCCc1ccco1)NC1CCN(c2ccccc2)CC1.I. The lowest BCUT2D eigenvalue weighted by molar-refractivity contribution is 0.460. The maximum absolute atomic E-state index is 5.35. The summed E-state index contributed by atoms with van der Waals surface area (Å²) < 4.78 is 5.35. The van der Waals surface area contributed by atoms with Crippen LogP contribution in [0.2, 0.25) is 0 Å². The van der Waals surface area contributed by atoms with E-state index in [0.717, 1.165) is 50.6 Å². The fraction of sp³-hybridized carbons (Fsp3) is 0.421. The van der Waals surface area contributed by atoms with Crippen LogP contribution in [0.15, 0.2) is 58.1 Å². The molecule has 0 aliphatic carbocycles. The van der Waals surface area contributed by atoms with Gasteiger partial charge in [0.15, 0.2) is 5.96 Å². The molecule has 0 unspecified atom stereocenters. The van der Waals surface area contributed by atoms with Crippen molar-refractivity contribution in [1.82, 2.24) is 10.6 Å². The maximum Gasteiger partial charge on any atom is 0.191 e. The first-order chi connectivity index (χ1) is 11.8. The molecule has 3 rings (SSSR count). The van der Waals surface area contributed by atoms with E-state index in [4.69, 9.17) is 4.42 Å². The van der Waals surface area contributed by atoms with Crippen LogP contribution in [-0.2, 0) is 6.42 Å². The van der Waals surface area contributed by atoms with Crippen LogP contribution in [-0.4, -0.2) is 38.7 Å². The van der Waals surface area contributed by atoms with E-state index in [-0.39, 0.29) is 24.0 Å². The lowest BCUT2D eigenvalue weighted by Crippen LogP contribution is -2.49. The fourth-order valence-electron chi connectivity index (χ4n) is 3.07. The molecule has 0 saturated carbocycles. The Bertz CT molecular complexity index is 622. The van der Waals surface area contributed by atoms with Crippen molar-refractivity contribution in [3.63, 3.8) is 0 Å². The van der Waals surface area contributed by atoms with Gasteiger partial charge in [0.1, 0.15) is 5.76 Å². The van der Waals surface area contributed by atoms with Gasteiger partial charge in [-0.3, -0.25) is 4.99 Å².